The second-order valence-electron chi connectivity index (χ2n) is 7.11. The molecule has 0 saturated carbocycles. The van der Waals surface area contributed by atoms with Crippen molar-refractivity contribution >= 4 is 10.8 Å². The minimum absolute atomic E-state index is 0.269. The standard InChI is InChI=1S/C24H24N2/c1-17-7-6-10-23(18(17)2)19(3)24-25-13-14-26(24)16-20-11-12-21-8-4-5-9-22(21)15-20/h4-15,19H,16H2,1-3H3/t19-/m0/s1. The van der Waals surface area contributed by atoms with E-state index >= 15 is 0 Å². The summed E-state index contributed by atoms with van der Waals surface area (Å²) in [5.74, 6) is 1.39. The van der Waals surface area contributed by atoms with Gasteiger partial charge in [-0.15, -0.1) is 0 Å². The van der Waals surface area contributed by atoms with Crippen LogP contribution in [-0.2, 0) is 6.54 Å². The van der Waals surface area contributed by atoms with Gasteiger partial charge in [0, 0.05) is 24.9 Å². The van der Waals surface area contributed by atoms with Crippen molar-refractivity contribution in [2.75, 3.05) is 0 Å². The van der Waals surface area contributed by atoms with Gasteiger partial charge in [0.05, 0.1) is 0 Å². The molecule has 1 atom stereocenters. The van der Waals surface area contributed by atoms with Gasteiger partial charge in [-0.25, -0.2) is 4.98 Å². The lowest BCUT2D eigenvalue weighted by Crippen LogP contribution is -2.10. The molecule has 0 spiro atoms. The number of imidazole rings is 1. The second kappa shape index (κ2) is 6.80. The Balaban J connectivity index is 1.66. The predicted octanol–water partition coefficient (Wildman–Crippen LogP) is 5.85. The first kappa shape index (κ1) is 16.6. The highest BCUT2D eigenvalue weighted by atomic mass is 15.1. The van der Waals surface area contributed by atoms with Crippen molar-refractivity contribution in [2.24, 2.45) is 0 Å². The summed E-state index contributed by atoms with van der Waals surface area (Å²) in [7, 11) is 0. The van der Waals surface area contributed by atoms with Gasteiger partial charge in [-0.3, -0.25) is 0 Å². The van der Waals surface area contributed by atoms with Gasteiger partial charge in [-0.1, -0.05) is 61.5 Å². The Hall–Kier alpha value is -2.87. The van der Waals surface area contributed by atoms with E-state index in [1.807, 2.05) is 6.20 Å². The number of nitrogens with zero attached hydrogens (tertiary/aromatic N) is 2. The molecule has 1 heterocycles. The zero-order chi connectivity index (χ0) is 18.1. The average molecular weight is 340 g/mol. The molecule has 0 aliphatic carbocycles. The van der Waals surface area contributed by atoms with E-state index in [-0.39, 0.29) is 5.92 Å². The van der Waals surface area contributed by atoms with E-state index in [0.29, 0.717) is 0 Å². The first-order valence-electron chi connectivity index (χ1n) is 9.18. The molecule has 0 fully saturated rings. The Morgan fingerprint density at radius 1 is 0.923 bits per heavy atom. The molecule has 0 aliphatic rings. The van der Waals surface area contributed by atoms with Gasteiger partial charge in [-0.2, -0.15) is 0 Å². The number of hydrogen-bond donors (Lipinski definition) is 0. The molecule has 0 saturated heterocycles. The highest BCUT2D eigenvalue weighted by molar-refractivity contribution is 5.82. The van der Waals surface area contributed by atoms with E-state index < -0.39 is 0 Å². The van der Waals surface area contributed by atoms with Crippen LogP contribution in [0.1, 0.15) is 40.9 Å². The van der Waals surface area contributed by atoms with Crippen LogP contribution in [0.5, 0.6) is 0 Å². The zero-order valence-electron chi connectivity index (χ0n) is 15.6. The van der Waals surface area contributed by atoms with Crippen molar-refractivity contribution in [3.05, 3.63) is 101 Å². The minimum atomic E-state index is 0.269. The van der Waals surface area contributed by atoms with Crippen molar-refractivity contribution in [1.82, 2.24) is 9.55 Å². The molecule has 2 nitrogen and oxygen atoms in total. The normalized spacial score (nSPS) is 12.4. The maximum Gasteiger partial charge on any atom is 0.116 e. The third-order valence-electron chi connectivity index (χ3n) is 5.41. The van der Waals surface area contributed by atoms with E-state index in [9.17, 15) is 0 Å². The lowest BCUT2D eigenvalue weighted by atomic mass is 9.93. The molecule has 1 aromatic heterocycles. The molecule has 0 radical (unpaired) electrons. The van der Waals surface area contributed by atoms with Crippen LogP contribution in [0.2, 0.25) is 0 Å². The Morgan fingerprint density at radius 2 is 1.73 bits per heavy atom. The lowest BCUT2D eigenvalue weighted by molar-refractivity contribution is 0.687. The Labute approximate surface area is 155 Å². The van der Waals surface area contributed by atoms with Crippen molar-refractivity contribution in [3.63, 3.8) is 0 Å². The number of aromatic nitrogens is 2. The summed E-state index contributed by atoms with van der Waals surface area (Å²) >= 11 is 0. The summed E-state index contributed by atoms with van der Waals surface area (Å²) in [4.78, 5) is 4.68. The molecular formula is C24H24N2. The molecule has 130 valence electrons. The van der Waals surface area contributed by atoms with Crippen LogP contribution in [0, 0.1) is 13.8 Å². The summed E-state index contributed by atoms with van der Waals surface area (Å²) in [6.07, 6.45) is 4.00. The van der Waals surface area contributed by atoms with Gasteiger partial charge in [-0.05, 0) is 52.9 Å². The van der Waals surface area contributed by atoms with Gasteiger partial charge in [0.25, 0.3) is 0 Å². The van der Waals surface area contributed by atoms with Crippen LogP contribution in [-0.4, -0.2) is 9.55 Å². The van der Waals surface area contributed by atoms with Gasteiger partial charge in [0.2, 0.25) is 0 Å². The van der Waals surface area contributed by atoms with Gasteiger partial charge >= 0.3 is 0 Å². The Morgan fingerprint density at radius 3 is 2.58 bits per heavy atom. The van der Waals surface area contributed by atoms with Crippen LogP contribution in [0.15, 0.2) is 73.1 Å². The molecule has 0 amide bonds. The maximum atomic E-state index is 4.68. The van der Waals surface area contributed by atoms with E-state index in [1.54, 1.807) is 0 Å². The number of aryl methyl sites for hydroxylation is 1. The monoisotopic (exact) mass is 340 g/mol. The van der Waals surface area contributed by atoms with Gasteiger partial charge in [0.15, 0.2) is 0 Å². The number of hydrogen-bond acceptors (Lipinski definition) is 1. The molecule has 3 aromatic carbocycles. The number of benzene rings is 3. The molecule has 2 heteroatoms. The number of rotatable bonds is 4. The van der Waals surface area contributed by atoms with Crippen LogP contribution >= 0.6 is 0 Å². The molecular weight excluding hydrogens is 316 g/mol. The van der Waals surface area contributed by atoms with Crippen LogP contribution in [0.3, 0.4) is 0 Å². The Kier molecular flexibility index (Phi) is 4.34. The first-order valence-corrected chi connectivity index (χ1v) is 9.18. The maximum absolute atomic E-state index is 4.68. The van der Waals surface area contributed by atoms with E-state index in [1.165, 1.54) is 33.0 Å². The summed E-state index contributed by atoms with van der Waals surface area (Å²) in [5, 5.41) is 2.57. The van der Waals surface area contributed by atoms with Crippen molar-refractivity contribution in [1.29, 1.82) is 0 Å². The molecule has 0 bridgehead atoms. The average Bonchev–Trinajstić information content (AvgIpc) is 3.11. The summed E-state index contributed by atoms with van der Waals surface area (Å²) in [6, 6.07) is 21.8. The van der Waals surface area contributed by atoms with Crippen molar-refractivity contribution < 1.29 is 0 Å². The smallest absolute Gasteiger partial charge is 0.116 e. The fourth-order valence-electron chi connectivity index (χ4n) is 3.75. The summed E-state index contributed by atoms with van der Waals surface area (Å²) in [6.45, 7) is 7.47. The molecule has 0 N–H and O–H groups in total. The zero-order valence-corrected chi connectivity index (χ0v) is 15.6. The molecule has 26 heavy (non-hydrogen) atoms. The van der Waals surface area contributed by atoms with E-state index in [0.717, 1.165) is 12.4 Å². The topological polar surface area (TPSA) is 17.8 Å². The fourth-order valence-corrected chi connectivity index (χ4v) is 3.75. The lowest BCUT2D eigenvalue weighted by Gasteiger charge is -2.18. The van der Waals surface area contributed by atoms with E-state index in [2.05, 4.69) is 97.2 Å². The molecule has 4 rings (SSSR count). The predicted molar refractivity (Wildman–Crippen MR) is 109 cm³/mol. The minimum Gasteiger partial charge on any atom is -0.330 e. The Bertz CT molecular complexity index is 1060. The molecule has 4 aromatic rings. The third-order valence-corrected chi connectivity index (χ3v) is 5.41. The van der Waals surface area contributed by atoms with Gasteiger partial charge < -0.3 is 4.57 Å². The molecule has 0 unspecified atom stereocenters. The second-order valence-corrected chi connectivity index (χ2v) is 7.11. The largest absolute Gasteiger partial charge is 0.330 e. The van der Waals surface area contributed by atoms with Crippen LogP contribution in [0.4, 0.5) is 0 Å². The van der Waals surface area contributed by atoms with Crippen molar-refractivity contribution in [3.8, 4) is 0 Å². The highest BCUT2D eigenvalue weighted by Crippen LogP contribution is 2.28. The number of fused-ring (bicyclic) bond motifs is 1. The van der Waals surface area contributed by atoms with Crippen LogP contribution in [0.25, 0.3) is 10.8 Å². The van der Waals surface area contributed by atoms with Crippen LogP contribution < -0.4 is 0 Å². The SMILES string of the molecule is Cc1cccc([C@H](C)c2nccn2Cc2ccc3ccccc3c2)c1C. The van der Waals surface area contributed by atoms with Crippen molar-refractivity contribution in [2.45, 2.75) is 33.2 Å². The quantitative estimate of drug-likeness (QED) is 0.455. The van der Waals surface area contributed by atoms with E-state index in [4.69, 9.17) is 0 Å². The first-order chi connectivity index (χ1) is 12.6. The highest BCUT2D eigenvalue weighted by Gasteiger charge is 2.17. The van der Waals surface area contributed by atoms with Gasteiger partial charge in [0.1, 0.15) is 5.82 Å². The molecule has 0 aliphatic heterocycles. The third kappa shape index (κ3) is 3.03. The summed E-state index contributed by atoms with van der Waals surface area (Å²) < 4.78 is 2.27. The summed E-state index contributed by atoms with van der Waals surface area (Å²) in [5.41, 5.74) is 5.36. The fraction of sp³-hybridized carbons (Fsp3) is 0.208.